The van der Waals surface area contributed by atoms with E-state index in [4.69, 9.17) is 37.0 Å². The third kappa shape index (κ3) is 77.9. The van der Waals surface area contributed by atoms with Gasteiger partial charge in [0.1, 0.15) is 19.3 Å². The molecule has 104 heavy (non-hydrogen) atoms. The van der Waals surface area contributed by atoms with Crippen molar-refractivity contribution < 1.29 is 80.2 Å². The average molecular weight is 1520 g/mol. The molecular weight excluding hydrogens is 1350 g/mol. The first-order chi connectivity index (χ1) is 50.7. The summed E-state index contributed by atoms with van der Waals surface area (Å²) in [5.41, 5.74) is 0. The Morgan fingerprint density at radius 1 is 0.260 bits per heavy atom. The molecule has 19 heteroatoms. The van der Waals surface area contributed by atoms with Gasteiger partial charge in [-0.3, -0.25) is 37.3 Å². The Labute approximate surface area is 638 Å². The number of rotatable bonds is 85. The van der Waals surface area contributed by atoms with Crippen molar-refractivity contribution in [1.82, 2.24) is 0 Å². The number of hydrogen-bond acceptors (Lipinski definition) is 15. The standard InChI is InChI=1S/C85H164O17P2/c1-5-9-13-17-21-25-29-33-37-39-43-46-50-54-58-62-66-70-83(88)96-76-80(101-84(89)71-67-63-59-55-51-47-42-36-32-28-24-20-16-12-8-4)77-99-103(91,92)97-73-79(86)74-98-104(93,94)100-78-81(75-95-82(87)69-65-61-57-53-49-45-41-35-31-27-23-19-15-11-7-3)102-85(90)72-68-64-60-56-52-48-44-40-38-34-30-26-22-18-14-10-6-2/h35,41,79-81,86H,5-34,36-40,42-78H2,1-4H3,(H,91,92)(H,93,94)/b41-35-/t79-,80-,81-/m1/s1. The second kappa shape index (κ2) is 78.9. The lowest BCUT2D eigenvalue weighted by Gasteiger charge is -2.21. The van der Waals surface area contributed by atoms with E-state index >= 15 is 0 Å². The molecule has 0 aromatic carbocycles. The van der Waals surface area contributed by atoms with E-state index in [0.717, 1.165) is 109 Å². The summed E-state index contributed by atoms with van der Waals surface area (Å²) >= 11 is 0. The second-order valence-corrected chi connectivity index (χ2v) is 33.1. The van der Waals surface area contributed by atoms with Crippen LogP contribution in [-0.4, -0.2) is 96.7 Å². The van der Waals surface area contributed by atoms with Crippen LogP contribution in [0.1, 0.15) is 451 Å². The summed E-state index contributed by atoms with van der Waals surface area (Å²) in [5.74, 6) is -2.11. The van der Waals surface area contributed by atoms with Gasteiger partial charge in [-0.2, -0.15) is 0 Å². The van der Waals surface area contributed by atoms with E-state index in [1.54, 1.807) is 0 Å². The van der Waals surface area contributed by atoms with E-state index in [0.29, 0.717) is 25.7 Å². The predicted octanol–water partition coefficient (Wildman–Crippen LogP) is 25.9. The van der Waals surface area contributed by atoms with E-state index in [-0.39, 0.29) is 25.7 Å². The van der Waals surface area contributed by atoms with Gasteiger partial charge in [-0.15, -0.1) is 0 Å². The number of aliphatic hydroxyl groups excluding tert-OH is 1. The quantitative estimate of drug-likeness (QED) is 0.0169. The van der Waals surface area contributed by atoms with Crippen LogP contribution in [0.2, 0.25) is 0 Å². The first kappa shape index (κ1) is 102. The van der Waals surface area contributed by atoms with E-state index in [1.165, 1.54) is 263 Å². The highest BCUT2D eigenvalue weighted by atomic mass is 31.2. The molecule has 0 aliphatic heterocycles. The fraction of sp³-hybridized carbons (Fsp3) is 0.929. The maximum absolute atomic E-state index is 13.1. The molecule has 616 valence electrons. The van der Waals surface area contributed by atoms with Crippen LogP contribution in [-0.2, 0) is 65.4 Å². The summed E-state index contributed by atoms with van der Waals surface area (Å²) in [6, 6.07) is 0. The van der Waals surface area contributed by atoms with Crippen molar-refractivity contribution in [3.63, 3.8) is 0 Å². The molecule has 0 saturated heterocycles. The summed E-state index contributed by atoms with van der Waals surface area (Å²) < 4.78 is 68.9. The van der Waals surface area contributed by atoms with Crippen LogP contribution in [0.25, 0.3) is 0 Å². The Morgan fingerprint density at radius 3 is 0.663 bits per heavy atom. The van der Waals surface area contributed by atoms with Gasteiger partial charge in [0.05, 0.1) is 26.4 Å². The minimum absolute atomic E-state index is 0.106. The molecule has 17 nitrogen and oxygen atoms in total. The molecule has 0 radical (unpaired) electrons. The van der Waals surface area contributed by atoms with Crippen LogP contribution >= 0.6 is 15.6 Å². The second-order valence-electron chi connectivity index (χ2n) is 30.2. The van der Waals surface area contributed by atoms with Crippen LogP contribution in [0.5, 0.6) is 0 Å². The minimum atomic E-state index is -4.97. The third-order valence-corrected chi connectivity index (χ3v) is 21.7. The number of esters is 4. The molecular formula is C85H164O17P2. The highest BCUT2D eigenvalue weighted by Crippen LogP contribution is 2.45. The molecule has 0 fully saturated rings. The lowest BCUT2D eigenvalue weighted by Crippen LogP contribution is -2.30. The van der Waals surface area contributed by atoms with Crippen LogP contribution in [0.15, 0.2) is 12.2 Å². The highest BCUT2D eigenvalue weighted by molar-refractivity contribution is 7.47. The Bertz CT molecular complexity index is 2010. The van der Waals surface area contributed by atoms with Crippen molar-refractivity contribution in [2.24, 2.45) is 0 Å². The lowest BCUT2D eigenvalue weighted by molar-refractivity contribution is -0.161. The molecule has 0 aliphatic rings. The Morgan fingerprint density at radius 2 is 0.442 bits per heavy atom. The summed E-state index contributed by atoms with van der Waals surface area (Å²) in [6.07, 6.45) is 74.5. The van der Waals surface area contributed by atoms with Crippen molar-refractivity contribution in [2.45, 2.75) is 470 Å². The summed E-state index contributed by atoms with van der Waals surface area (Å²) in [5, 5.41) is 10.7. The molecule has 0 aromatic rings. The number of ether oxygens (including phenoxy) is 4. The van der Waals surface area contributed by atoms with Crippen molar-refractivity contribution in [2.75, 3.05) is 39.6 Å². The number of unbranched alkanes of at least 4 members (excludes halogenated alkanes) is 57. The molecule has 0 rings (SSSR count). The van der Waals surface area contributed by atoms with Crippen LogP contribution < -0.4 is 0 Å². The monoisotopic (exact) mass is 1520 g/mol. The normalized spacial score (nSPS) is 13.8. The molecule has 0 aromatic heterocycles. The molecule has 0 heterocycles. The fourth-order valence-corrected chi connectivity index (χ4v) is 14.6. The zero-order chi connectivity index (χ0) is 76.0. The number of carbonyl (C=O) groups excluding carboxylic acids is 4. The number of allylic oxidation sites excluding steroid dienone is 2. The molecule has 0 bridgehead atoms. The molecule has 0 saturated carbocycles. The van der Waals surface area contributed by atoms with Gasteiger partial charge in [-0.1, -0.05) is 387 Å². The number of phosphoric ester groups is 2. The van der Waals surface area contributed by atoms with Gasteiger partial charge in [0.2, 0.25) is 0 Å². The number of hydrogen-bond donors (Lipinski definition) is 3. The predicted molar refractivity (Wildman–Crippen MR) is 428 cm³/mol. The van der Waals surface area contributed by atoms with Crippen molar-refractivity contribution in [3.8, 4) is 0 Å². The molecule has 2 unspecified atom stereocenters. The minimum Gasteiger partial charge on any atom is -0.462 e. The molecule has 0 aliphatic carbocycles. The van der Waals surface area contributed by atoms with Gasteiger partial charge in [-0.05, 0) is 51.4 Å². The number of carbonyl (C=O) groups is 4. The topological polar surface area (TPSA) is 237 Å². The van der Waals surface area contributed by atoms with Crippen molar-refractivity contribution in [3.05, 3.63) is 12.2 Å². The molecule has 0 spiro atoms. The van der Waals surface area contributed by atoms with Crippen LogP contribution in [0, 0.1) is 0 Å². The summed E-state index contributed by atoms with van der Waals surface area (Å²) in [4.78, 5) is 73.2. The first-order valence-electron chi connectivity index (χ1n) is 43.9. The first-order valence-corrected chi connectivity index (χ1v) is 46.9. The van der Waals surface area contributed by atoms with E-state index in [9.17, 15) is 43.2 Å². The SMILES string of the molecule is CCCCCCCC/C=C\CCCCCCCC(=O)OC[C@H](COP(=O)(O)OC[C@H](O)COP(=O)(O)OC[C@@H](COC(=O)CCCCCCCCCCCCCCCCCCC)OC(=O)CCCCCCCCCCCCCCCCC)OC(=O)CCCCCCCCCCCCCCCCCCC. The van der Waals surface area contributed by atoms with Crippen LogP contribution in [0.3, 0.4) is 0 Å². The summed E-state index contributed by atoms with van der Waals surface area (Å²) in [7, 11) is -9.93. The van der Waals surface area contributed by atoms with E-state index in [2.05, 4.69) is 39.8 Å². The maximum Gasteiger partial charge on any atom is 0.472 e. The number of phosphoric acid groups is 2. The van der Waals surface area contributed by atoms with Gasteiger partial charge in [0, 0.05) is 25.7 Å². The van der Waals surface area contributed by atoms with Crippen LogP contribution in [0.4, 0.5) is 0 Å². The molecule has 3 N–H and O–H groups in total. The molecule has 5 atom stereocenters. The third-order valence-electron chi connectivity index (χ3n) is 19.8. The zero-order valence-corrected chi connectivity index (χ0v) is 69.5. The Kier molecular flexibility index (Phi) is 77.2. The van der Waals surface area contributed by atoms with E-state index in [1.807, 2.05) is 0 Å². The Hall–Kier alpha value is -2.20. The van der Waals surface area contributed by atoms with E-state index < -0.39 is 97.5 Å². The fourth-order valence-electron chi connectivity index (χ4n) is 13.0. The maximum atomic E-state index is 13.1. The Balaban J connectivity index is 5.28. The highest BCUT2D eigenvalue weighted by Gasteiger charge is 2.30. The van der Waals surface area contributed by atoms with Gasteiger partial charge >= 0.3 is 39.5 Å². The lowest BCUT2D eigenvalue weighted by atomic mass is 10.0. The van der Waals surface area contributed by atoms with Gasteiger partial charge in [0.25, 0.3) is 0 Å². The van der Waals surface area contributed by atoms with Gasteiger partial charge in [-0.25, -0.2) is 9.13 Å². The zero-order valence-electron chi connectivity index (χ0n) is 67.7. The van der Waals surface area contributed by atoms with Crippen molar-refractivity contribution in [1.29, 1.82) is 0 Å². The average Bonchev–Trinajstić information content (AvgIpc) is 0.909. The molecule has 0 amide bonds. The smallest absolute Gasteiger partial charge is 0.462 e. The van der Waals surface area contributed by atoms with Gasteiger partial charge in [0.15, 0.2) is 12.2 Å². The van der Waals surface area contributed by atoms with Gasteiger partial charge < -0.3 is 33.8 Å². The summed E-state index contributed by atoms with van der Waals surface area (Å²) in [6.45, 7) is 5.04. The number of aliphatic hydroxyl groups is 1. The largest absolute Gasteiger partial charge is 0.472 e. The van der Waals surface area contributed by atoms with Crippen molar-refractivity contribution >= 4 is 39.5 Å².